The molecule has 1 aliphatic rings. The number of aromatic carboxylic acids is 1. The molecule has 0 amide bonds. The van der Waals surface area contributed by atoms with Gasteiger partial charge in [0, 0.05) is 23.9 Å². The van der Waals surface area contributed by atoms with Gasteiger partial charge in [0.2, 0.25) is 0 Å². The average molecular weight is 528 g/mol. The maximum Gasteiger partial charge on any atom is 0.417 e. The molecular weight excluding hydrogens is 511 g/mol. The molecule has 1 unspecified atom stereocenters. The van der Waals surface area contributed by atoms with Gasteiger partial charge in [-0.25, -0.2) is 17.2 Å². The minimum absolute atomic E-state index is 0.00787. The smallest absolute Gasteiger partial charge is 0.417 e. The van der Waals surface area contributed by atoms with Gasteiger partial charge in [0.25, 0.3) is 10.0 Å². The molecule has 4 rings (SSSR count). The first-order valence-corrected chi connectivity index (χ1v) is 12.0. The van der Waals surface area contributed by atoms with Crippen LogP contribution in [0, 0.1) is 5.92 Å². The second-order valence-corrected chi connectivity index (χ2v) is 10.2. The van der Waals surface area contributed by atoms with Gasteiger partial charge in [-0.05, 0) is 48.2 Å². The summed E-state index contributed by atoms with van der Waals surface area (Å²) in [6, 6.07) is 8.17. The van der Waals surface area contributed by atoms with Crippen LogP contribution in [0.2, 0.25) is 5.02 Å². The number of hydrogen-bond acceptors (Lipinski definition) is 4. The monoisotopic (exact) mass is 527 g/mol. The Morgan fingerprint density at radius 1 is 1.06 bits per heavy atom. The Labute approximate surface area is 202 Å². The van der Waals surface area contributed by atoms with E-state index in [-0.39, 0.29) is 30.5 Å². The summed E-state index contributed by atoms with van der Waals surface area (Å²) in [5.74, 6) is -3.25. The molecule has 0 aliphatic heterocycles. The highest BCUT2D eigenvalue weighted by atomic mass is 35.5. The molecule has 1 heterocycles. The lowest BCUT2D eigenvalue weighted by Crippen LogP contribution is -2.26. The van der Waals surface area contributed by atoms with Crippen molar-refractivity contribution in [3.05, 3.63) is 76.1 Å². The molecule has 7 nitrogen and oxygen atoms in total. The topological polar surface area (TPSA) is 114 Å². The Morgan fingerprint density at radius 2 is 1.71 bits per heavy atom. The van der Waals surface area contributed by atoms with E-state index in [9.17, 15) is 36.3 Å². The second kappa shape index (κ2) is 8.72. The average Bonchev–Trinajstić information content (AvgIpc) is 3.18. The Morgan fingerprint density at radius 3 is 2.29 bits per heavy atom. The number of hydrogen-bond donors (Lipinski definition) is 2. The first kappa shape index (κ1) is 24.8. The first-order valence-electron chi connectivity index (χ1n) is 10.2. The number of halogens is 4. The highest BCUT2D eigenvalue weighted by Gasteiger charge is 2.41. The maximum atomic E-state index is 13.7. The molecule has 0 radical (unpaired) electrons. The van der Waals surface area contributed by atoms with Gasteiger partial charge in [-0.1, -0.05) is 29.8 Å². The van der Waals surface area contributed by atoms with Gasteiger partial charge in [-0.3, -0.25) is 4.79 Å². The summed E-state index contributed by atoms with van der Waals surface area (Å²) in [5.41, 5.74) is -0.144. The molecule has 2 N–H and O–H groups in total. The summed E-state index contributed by atoms with van der Waals surface area (Å²) in [7, 11) is -4.91. The number of nitrogens with zero attached hydrogens (tertiary/aromatic N) is 1. The molecule has 0 spiro atoms. The normalized spacial score (nSPS) is 16.1. The molecule has 35 heavy (non-hydrogen) atoms. The molecule has 184 valence electrons. The number of alkyl halides is 3. The van der Waals surface area contributed by atoms with Crippen LogP contribution in [0.4, 0.5) is 13.2 Å². The third-order valence-electron chi connectivity index (χ3n) is 5.95. The molecule has 1 atom stereocenters. The van der Waals surface area contributed by atoms with Crippen LogP contribution in [-0.2, 0) is 33.8 Å². The quantitative estimate of drug-likeness (QED) is 0.485. The zero-order valence-corrected chi connectivity index (χ0v) is 19.3. The molecule has 0 saturated heterocycles. The Hall–Kier alpha value is -3.31. The third kappa shape index (κ3) is 4.41. The Balaban J connectivity index is 1.97. The van der Waals surface area contributed by atoms with Crippen molar-refractivity contribution in [2.75, 3.05) is 0 Å². The van der Waals surface area contributed by atoms with Crippen molar-refractivity contribution in [3.63, 3.8) is 0 Å². The van der Waals surface area contributed by atoms with Crippen molar-refractivity contribution < 1.29 is 41.4 Å². The summed E-state index contributed by atoms with van der Waals surface area (Å²) < 4.78 is 69.0. The molecular formula is C23H17ClF3NO6S. The van der Waals surface area contributed by atoms with Crippen LogP contribution in [0.1, 0.15) is 33.6 Å². The maximum absolute atomic E-state index is 13.7. The van der Waals surface area contributed by atoms with E-state index in [2.05, 4.69) is 0 Å². The van der Waals surface area contributed by atoms with Crippen LogP contribution in [0.5, 0.6) is 0 Å². The lowest BCUT2D eigenvalue weighted by atomic mass is 9.85. The number of benzene rings is 2. The Bertz CT molecular complexity index is 1450. The molecule has 3 aromatic rings. The number of carboxylic acids is 2. The summed E-state index contributed by atoms with van der Waals surface area (Å²) in [6.07, 6.45) is -3.72. The first-order chi connectivity index (χ1) is 16.3. The molecule has 12 heteroatoms. The zero-order chi connectivity index (χ0) is 25.7. The van der Waals surface area contributed by atoms with E-state index in [1.807, 2.05) is 0 Å². The predicted molar refractivity (Wildman–Crippen MR) is 119 cm³/mol. The zero-order valence-electron chi connectivity index (χ0n) is 17.7. The highest BCUT2D eigenvalue weighted by Crippen LogP contribution is 2.42. The molecule has 1 aromatic heterocycles. The van der Waals surface area contributed by atoms with Crippen LogP contribution in [0.15, 0.2) is 53.6 Å². The standard InChI is InChI=1S/C23H17ClF3NO6S/c24-18-3-1-2-17(23(25,26)27)20(18)35(33,34)28-11-16(12-4-6-13(7-5-12)21(29)30)15-9-8-14(22(31)32)10-19(15)28/h1-7,11,14H,8-10H2,(H,29,30)(H,31,32). The molecule has 0 fully saturated rings. The fourth-order valence-electron chi connectivity index (χ4n) is 4.27. The van der Waals surface area contributed by atoms with E-state index < -0.39 is 49.5 Å². The number of carboxylic acid groups (broad SMARTS) is 2. The van der Waals surface area contributed by atoms with Crippen LogP contribution in [0.25, 0.3) is 11.1 Å². The number of rotatable bonds is 5. The molecule has 0 saturated carbocycles. The summed E-state index contributed by atoms with van der Waals surface area (Å²) >= 11 is 5.96. The second-order valence-electron chi connectivity index (χ2n) is 8.04. The van der Waals surface area contributed by atoms with Crippen molar-refractivity contribution in [2.45, 2.75) is 30.3 Å². The summed E-state index contributed by atoms with van der Waals surface area (Å²) in [5, 5.41) is 18.0. The van der Waals surface area contributed by atoms with E-state index in [4.69, 9.17) is 16.7 Å². The fourth-order valence-corrected chi connectivity index (χ4v) is 6.43. The highest BCUT2D eigenvalue weighted by molar-refractivity contribution is 7.90. The molecule has 0 bridgehead atoms. The number of carbonyl (C=O) groups is 2. The van der Waals surface area contributed by atoms with E-state index in [1.54, 1.807) is 0 Å². The van der Waals surface area contributed by atoms with Gasteiger partial charge in [0.1, 0.15) is 4.90 Å². The minimum atomic E-state index is -5.01. The SMILES string of the molecule is O=C(O)c1ccc(-c2cn(S(=O)(=O)c3c(Cl)cccc3C(F)(F)F)c3c2CCC(C(=O)O)C3)cc1. The van der Waals surface area contributed by atoms with Crippen molar-refractivity contribution >= 4 is 33.6 Å². The largest absolute Gasteiger partial charge is 0.481 e. The van der Waals surface area contributed by atoms with Gasteiger partial charge in [0.15, 0.2) is 0 Å². The van der Waals surface area contributed by atoms with Crippen molar-refractivity contribution in [1.29, 1.82) is 0 Å². The van der Waals surface area contributed by atoms with Crippen molar-refractivity contribution in [1.82, 2.24) is 3.97 Å². The van der Waals surface area contributed by atoms with Gasteiger partial charge in [-0.2, -0.15) is 13.2 Å². The van der Waals surface area contributed by atoms with E-state index >= 15 is 0 Å². The Kier molecular flexibility index (Phi) is 6.18. The lowest BCUT2D eigenvalue weighted by molar-refractivity contribution is -0.142. The fraction of sp³-hybridized carbons (Fsp3) is 0.217. The molecule has 1 aliphatic carbocycles. The number of aromatic nitrogens is 1. The molecule has 2 aromatic carbocycles. The van der Waals surface area contributed by atoms with Gasteiger partial charge < -0.3 is 10.2 Å². The van der Waals surface area contributed by atoms with Crippen LogP contribution >= 0.6 is 11.6 Å². The van der Waals surface area contributed by atoms with Gasteiger partial charge in [-0.15, -0.1) is 0 Å². The van der Waals surface area contributed by atoms with E-state index in [1.165, 1.54) is 24.3 Å². The summed E-state index contributed by atoms with van der Waals surface area (Å²) in [6.45, 7) is 0. The predicted octanol–water partition coefficient (Wildman–Crippen LogP) is 4.95. The number of fused-ring (bicyclic) bond motifs is 1. The van der Waals surface area contributed by atoms with Crippen molar-refractivity contribution in [2.24, 2.45) is 5.92 Å². The third-order valence-corrected chi connectivity index (χ3v) is 8.18. The van der Waals surface area contributed by atoms with Gasteiger partial charge in [0.05, 0.1) is 22.1 Å². The van der Waals surface area contributed by atoms with Crippen LogP contribution in [-0.4, -0.2) is 34.5 Å². The van der Waals surface area contributed by atoms with Crippen LogP contribution < -0.4 is 0 Å². The number of aliphatic carboxylic acids is 1. The van der Waals surface area contributed by atoms with E-state index in [0.717, 1.165) is 18.3 Å². The summed E-state index contributed by atoms with van der Waals surface area (Å²) in [4.78, 5) is 21.7. The lowest BCUT2D eigenvalue weighted by Gasteiger charge is -2.22. The van der Waals surface area contributed by atoms with Crippen molar-refractivity contribution in [3.8, 4) is 11.1 Å². The minimum Gasteiger partial charge on any atom is -0.481 e. The van der Waals surface area contributed by atoms with Gasteiger partial charge >= 0.3 is 18.1 Å². The van der Waals surface area contributed by atoms with E-state index in [0.29, 0.717) is 26.7 Å². The van der Waals surface area contributed by atoms with Crippen LogP contribution in [0.3, 0.4) is 0 Å².